The Hall–Kier alpha value is -2.44. The SMILES string of the molecule is CCC/C=C/C=C/C=C/C=C/C=C/CCCCCC(CC(=O)NC(CO)C(O)CCCCCCCCCCCCCCCC)OC(=O)CCCCCCCCCCCCC. The minimum absolute atomic E-state index is 0.0501. The number of amides is 1. The predicted molar refractivity (Wildman–Crippen MR) is 259 cm³/mol. The standard InChI is InChI=1S/C54H97NO5/c1-4-7-10-13-16-19-22-24-26-27-28-31-33-36-39-42-45-50(60-54(59)47-44-41-38-35-30-21-18-15-12-9-6-3)48-53(58)55-51(49-56)52(57)46-43-40-37-34-32-29-25-23-20-17-14-11-8-5-2/h10,13,16,19,22,24,26-28,31,50-52,56-57H,4-9,11-12,14-15,17-18,20-21,23,25,29-30,32-49H2,1-3H3,(H,55,58)/b13-10+,19-16+,24-22+,27-26+,31-28+. The second kappa shape index (κ2) is 47.6. The third kappa shape index (κ3) is 42.3. The Morgan fingerprint density at radius 2 is 0.883 bits per heavy atom. The first kappa shape index (κ1) is 57.6. The smallest absolute Gasteiger partial charge is 0.306 e. The molecule has 0 spiro atoms. The molecule has 6 nitrogen and oxygen atoms in total. The normalized spacial score (nSPS) is 13.8. The average molecular weight is 840 g/mol. The van der Waals surface area contributed by atoms with Gasteiger partial charge in [0.15, 0.2) is 0 Å². The Morgan fingerprint density at radius 1 is 0.483 bits per heavy atom. The van der Waals surface area contributed by atoms with Gasteiger partial charge in [-0.1, -0.05) is 248 Å². The van der Waals surface area contributed by atoms with Crippen molar-refractivity contribution < 1.29 is 24.5 Å². The molecule has 3 unspecified atom stereocenters. The summed E-state index contributed by atoms with van der Waals surface area (Å²) in [5.74, 6) is -0.513. The summed E-state index contributed by atoms with van der Waals surface area (Å²) in [5, 5.41) is 23.8. The van der Waals surface area contributed by atoms with E-state index in [0.29, 0.717) is 19.3 Å². The Morgan fingerprint density at radius 3 is 1.35 bits per heavy atom. The lowest BCUT2D eigenvalue weighted by atomic mass is 10.0. The van der Waals surface area contributed by atoms with E-state index < -0.39 is 18.2 Å². The van der Waals surface area contributed by atoms with Gasteiger partial charge in [-0.2, -0.15) is 0 Å². The van der Waals surface area contributed by atoms with Crippen LogP contribution in [0.4, 0.5) is 0 Å². The first-order chi connectivity index (χ1) is 29.5. The maximum atomic E-state index is 13.2. The number of hydrogen-bond donors (Lipinski definition) is 3. The molecule has 0 saturated heterocycles. The molecule has 0 fully saturated rings. The Kier molecular flexibility index (Phi) is 45.7. The molecule has 0 aliphatic rings. The molecule has 348 valence electrons. The van der Waals surface area contributed by atoms with Crippen LogP contribution in [0.5, 0.6) is 0 Å². The van der Waals surface area contributed by atoms with Crippen molar-refractivity contribution in [3.05, 3.63) is 60.8 Å². The number of ether oxygens (including phenoxy) is 1. The first-order valence-corrected chi connectivity index (χ1v) is 25.6. The molecule has 0 heterocycles. The van der Waals surface area contributed by atoms with Crippen molar-refractivity contribution in [2.45, 2.75) is 264 Å². The summed E-state index contributed by atoms with van der Waals surface area (Å²) < 4.78 is 5.91. The summed E-state index contributed by atoms with van der Waals surface area (Å²) >= 11 is 0. The van der Waals surface area contributed by atoms with E-state index in [4.69, 9.17) is 4.74 Å². The van der Waals surface area contributed by atoms with Crippen molar-refractivity contribution in [3.63, 3.8) is 0 Å². The number of carbonyl (C=O) groups excluding carboxylic acids is 2. The van der Waals surface area contributed by atoms with Crippen LogP contribution in [0, 0.1) is 0 Å². The van der Waals surface area contributed by atoms with Crippen LogP contribution in [0.15, 0.2) is 60.8 Å². The third-order valence-corrected chi connectivity index (χ3v) is 11.5. The highest BCUT2D eigenvalue weighted by Gasteiger charge is 2.24. The lowest BCUT2D eigenvalue weighted by Crippen LogP contribution is -2.46. The van der Waals surface area contributed by atoms with Crippen molar-refractivity contribution in [1.82, 2.24) is 5.32 Å². The number of esters is 1. The number of hydrogen-bond acceptors (Lipinski definition) is 5. The zero-order valence-electron chi connectivity index (χ0n) is 39.6. The molecule has 0 aromatic heterocycles. The Balaban J connectivity index is 4.66. The lowest BCUT2D eigenvalue weighted by molar-refractivity contribution is -0.151. The molecule has 0 aromatic carbocycles. The number of allylic oxidation sites excluding steroid dienone is 10. The second-order valence-electron chi connectivity index (χ2n) is 17.3. The molecule has 0 saturated carbocycles. The summed E-state index contributed by atoms with van der Waals surface area (Å²) in [7, 11) is 0. The highest BCUT2D eigenvalue weighted by molar-refractivity contribution is 5.77. The zero-order chi connectivity index (χ0) is 43.8. The molecule has 60 heavy (non-hydrogen) atoms. The maximum absolute atomic E-state index is 13.2. The summed E-state index contributed by atoms with van der Waals surface area (Å²) in [6.07, 6.45) is 58.4. The van der Waals surface area contributed by atoms with Crippen LogP contribution in [0.2, 0.25) is 0 Å². The van der Waals surface area contributed by atoms with Crippen molar-refractivity contribution in [2.24, 2.45) is 0 Å². The third-order valence-electron chi connectivity index (χ3n) is 11.5. The summed E-state index contributed by atoms with van der Waals surface area (Å²) in [4.78, 5) is 26.1. The highest BCUT2D eigenvalue weighted by atomic mass is 16.5. The molecule has 0 aromatic rings. The second-order valence-corrected chi connectivity index (χ2v) is 17.3. The van der Waals surface area contributed by atoms with Gasteiger partial charge in [0.25, 0.3) is 0 Å². The van der Waals surface area contributed by atoms with Crippen LogP contribution >= 0.6 is 0 Å². The summed E-state index contributed by atoms with van der Waals surface area (Å²) in [6.45, 7) is 6.38. The Labute approximate surface area is 371 Å². The van der Waals surface area contributed by atoms with Crippen LogP contribution in [-0.2, 0) is 14.3 Å². The number of unbranched alkanes of at least 4 members (excludes halogenated alkanes) is 27. The molecule has 3 atom stereocenters. The van der Waals surface area contributed by atoms with E-state index in [0.717, 1.165) is 70.6 Å². The van der Waals surface area contributed by atoms with Crippen LogP contribution in [0.1, 0.15) is 245 Å². The fraction of sp³-hybridized carbons (Fsp3) is 0.778. The van der Waals surface area contributed by atoms with Crippen molar-refractivity contribution in [2.75, 3.05) is 6.61 Å². The molecule has 6 heteroatoms. The van der Waals surface area contributed by atoms with Gasteiger partial charge < -0.3 is 20.3 Å². The van der Waals surface area contributed by atoms with Crippen LogP contribution in [-0.4, -0.2) is 46.9 Å². The molecular weight excluding hydrogens is 743 g/mol. The van der Waals surface area contributed by atoms with Gasteiger partial charge in [-0.05, 0) is 44.9 Å². The molecule has 0 rings (SSSR count). The molecule has 0 aliphatic heterocycles. The summed E-state index contributed by atoms with van der Waals surface area (Å²) in [5.41, 5.74) is 0. The van der Waals surface area contributed by atoms with E-state index >= 15 is 0 Å². The molecule has 0 bridgehead atoms. The number of rotatable bonds is 45. The summed E-state index contributed by atoms with van der Waals surface area (Å²) in [6, 6.07) is -0.715. The van der Waals surface area contributed by atoms with Crippen LogP contribution in [0.25, 0.3) is 0 Å². The van der Waals surface area contributed by atoms with Crippen molar-refractivity contribution >= 4 is 11.9 Å². The van der Waals surface area contributed by atoms with E-state index in [-0.39, 0.29) is 24.9 Å². The van der Waals surface area contributed by atoms with Crippen molar-refractivity contribution in [3.8, 4) is 0 Å². The molecule has 1 amide bonds. The van der Waals surface area contributed by atoms with E-state index in [1.54, 1.807) is 0 Å². The van der Waals surface area contributed by atoms with Crippen molar-refractivity contribution in [1.29, 1.82) is 0 Å². The van der Waals surface area contributed by atoms with Gasteiger partial charge in [0.1, 0.15) is 6.10 Å². The van der Waals surface area contributed by atoms with E-state index in [1.165, 1.54) is 128 Å². The number of aliphatic hydroxyl groups excluding tert-OH is 2. The van der Waals surface area contributed by atoms with Crippen LogP contribution in [0.3, 0.4) is 0 Å². The van der Waals surface area contributed by atoms with E-state index in [1.807, 2.05) is 36.5 Å². The van der Waals surface area contributed by atoms with Gasteiger partial charge in [-0.25, -0.2) is 0 Å². The van der Waals surface area contributed by atoms with E-state index in [2.05, 4.69) is 50.4 Å². The van der Waals surface area contributed by atoms with Gasteiger partial charge in [0, 0.05) is 6.42 Å². The van der Waals surface area contributed by atoms with E-state index in [9.17, 15) is 19.8 Å². The lowest BCUT2D eigenvalue weighted by Gasteiger charge is -2.24. The van der Waals surface area contributed by atoms with Gasteiger partial charge in [-0.3, -0.25) is 9.59 Å². The number of carbonyl (C=O) groups is 2. The topological polar surface area (TPSA) is 95.9 Å². The van der Waals surface area contributed by atoms with Gasteiger partial charge in [0.05, 0.1) is 25.2 Å². The minimum Gasteiger partial charge on any atom is -0.462 e. The predicted octanol–water partition coefficient (Wildman–Crippen LogP) is 15.2. The molecule has 0 radical (unpaired) electrons. The van der Waals surface area contributed by atoms with Gasteiger partial charge in [0.2, 0.25) is 5.91 Å². The monoisotopic (exact) mass is 840 g/mol. The zero-order valence-corrected chi connectivity index (χ0v) is 39.6. The quantitative estimate of drug-likeness (QED) is 0.0322. The fourth-order valence-electron chi connectivity index (χ4n) is 7.58. The van der Waals surface area contributed by atoms with Gasteiger partial charge >= 0.3 is 5.97 Å². The molecule has 3 N–H and O–H groups in total. The molecular formula is C54H97NO5. The van der Waals surface area contributed by atoms with Gasteiger partial charge in [-0.15, -0.1) is 0 Å². The maximum Gasteiger partial charge on any atom is 0.306 e. The fourth-order valence-corrected chi connectivity index (χ4v) is 7.58. The number of aliphatic hydroxyl groups is 2. The molecule has 0 aliphatic carbocycles. The first-order valence-electron chi connectivity index (χ1n) is 25.6. The Bertz CT molecular complexity index is 1080. The minimum atomic E-state index is -0.799. The number of nitrogens with one attached hydrogen (secondary N) is 1. The van der Waals surface area contributed by atoms with Crippen LogP contribution < -0.4 is 5.32 Å². The average Bonchev–Trinajstić information content (AvgIpc) is 3.24. The largest absolute Gasteiger partial charge is 0.462 e. The highest BCUT2D eigenvalue weighted by Crippen LogP contribution is 2.18.